The fourth-order valence-corrected chi connectivity index (χ4v) is 12.6. The molecule has 29 atom stereocenters. The standard InChI is InChI=1S/C48H78N6O30S/c1-14(59)49-27-32(66)39(20(10-57)77-42(27)53-25(62)7-16(43(73)74)51-24(61)6-4-3-5-23-26-17(13-85-23)52-48(75)54-26)82-44-28(50-15(2)60)33(67)40(21(11-58)80-44)83-47-38(72)41(84-46-37(71)35(69)30(64)19(9-56)79-46)31(65)22(81-47)12-76-45-36(70)34(68)29(63)18(8-55)78-45/h16-23,26-42,44-47,55-58,63-72H,3-13H2,1-2H3,(H,49,59)(H,50,60)(H,51,61)(H,53,62)(H,73,74)(H2,52,54,75)/t16?,17?,18?,19?,20?,21?,22?,23?,26?,27?,28?,29-,30-,31-,32+,33+,34?,35?,36+,37?,38?,39-,40-,41-,42+,44-,45+,46-,47-/m0/s1. The number of unbranched alkanes of at least 4 members (excludes halogenated alkanes) is 1. The zero-order chi connectivity index (χ0) is 62.3. The van der Waals surface area contributed by atoms with Crippen LogP contribution in [0, 0.1) is 0 Å². The van der Waals surface area contributed by atoms with Crippen LogP contribution in [-0.2, 0) is 66.6 Å². The van der Waals surface area contributed by atoms with Gasteiger partial charge < -0.3 is 151 Å². The van der Waals surface area contributed by atoms with Gasteiger partial charge in [-0.2, -0.15) is 11.8 Å². The van der Waals surface area contributed by atoms with E-state index in [4.69, 9.17) is 42.6 Å². The fourth-order valence-electron chi connectivity index (χ4n) is 11.0. The number of rotatable bonds is 25. The van der Waals surface area contributed by atoms with E-state index in [0.29, 0.717) is 19.3 Å². The van der Waals surface area contributed by atoms with Gasteiger partial charge in [-0.15, -0.1) is 0 Å². The van der Waals surface area contributed by atoms with Crippen molar-refractivity contribution < 1.29 is 148 Å². The van der Waals surface area contributed by atoms with E-state index in [1.807, 2.05) is 0 Å². The monoisotopic (exact) mass is 1250 g/mol. The van der Waals surface area contributed by atoms with Crippen LogP contribution in [0.4, 0.5) is 4.79 Å². The quantitative estimate of drug-likeness (QED) is 0.0298. The molecule has 0 aromatic heterocycles. The molecule has 0 bridgehead atoms. The summed E-state index contributed by atoms with van der Waals surface area (Å²) in [6, 6.07) is -5.54. The van der Waals surface area contributed by atoms with Crippen LogP contribution < -0.4 is 31.9 Å². The minimum atomic E-state index is -2.26. The van der Waals surface area contributed by atoms with E-state index in [1.165, 1.54) is 0 Å². The second-order valence-corrected chi connectivity index (χ2v) is 22.9. The number of carboxylic acid groups (broad SMARTS) is 1. The molecule has 486 valence electrons. The summed E-state index contributed by atoms with van der Waals surface area (Å²) >= 11 is 1.69. The summed E-state index contributed by atoms with van der Waals surface area (Å²) in [5.41, 5.74) is 0. The Balaban J connectivity index is 1.03. The molecule has 15 unspecified atom stereocenters. The largest absolute Gasteiger partial charge is 0.480 e. The molecule has 6 amide bonds. The highest BCUT2D eigenvalue weighted by Gasteiger charge is 2.57. The van der Waals surface area contributed by atoms with Crippen molar-refractivity contribution in [3.8, 4) is 0 Å². The van der Waals surface area contributed by atoms with Crippen molar-refractivity contribution in [2.75, 3.05) is 38.8 Å². The van der Waals surface area contributed by atoms with E-state index in [-0.39, 0.29) is 29.8 Å². The molecular formula is C48H78N6O30S. The van der Waals surface area contributed by atoms with E-state index >= 15 is 0 Å². The normalized spacial score (nSPS) is 43.1. The number of aliphatic hydroxyl groups is 14. The number of hydrogen-bond acceptors (Lipinski definition) is 30. The van der Waals surface area contributed by atoms with E-state index < -0.39 is 228 Å². The predicted molar refractivity (Wildman–Crippen MR) is 274 cm³/mol. The van der Waals surface area contributed by atoms with Crippen LogP contribution in [0.1, 0.15) is 46.0 Å². The van der Waals surface area contributed by atoms with Crippen LogP contribution in [0.2, 0.25) is 0 Å². The first kappa shape index (κ1) is 68.5. The Hall–Kier alpha value is -3.95. The van der Waals surface area contributed by atoms with Crippen LogP contribution in [0.3, 0.4) is 0 Å². The zero-order valence-corrected chi connectivity index (χ0v) is 46.6. The van der Waals surface area contributed by atoms with Crippen molar-refractivity contribution in [3.05, 3.63) is 0 Å². The van der Waals surface area contributed by atoms with E-state index in [1.54, 1.807) is 11.8 Å². The molecule has 37 heteroatoms. The summed E-state index contributed by atoms with van der Waals surface area (Å²) in [6.07, 6.45) is -43.5. The summed E-state index contributed by atoms with van der Waals surface area (Å²) in [5, 5.41) is 176. The molecule has 0 saturated carbocycles. The van der Waals surface area contributed by atoms with Crippen molar-refractivity contribution >= 4 is 47.4 Å². The molecule has 7 fully saturated rings. The van der Waals surface area contributed by atoms with Gasteiger partial charge in [0.15, 0.2) is 31.4 Å². The average Bonchev–Trinajstić information content (AvgIpc) is 4.16. The Bertz CT molecular complexity index is 2250. The van der Waals surface area contributed by atoms with E-state index in [0.717, 1.165) is 19.6 Å². The summed E-state index contributed by atoms with van der Waals surface area (Å²) in [6.45, 7) is -2.79. The van der Waals surface area contributed by atoms with Gasteiger partial charge in [0, 0.05) is 31.3 Å². The molecule has 0 aromatic carbocycles. The number of hydrogen-bond donors (Lipinski definition) is 21. The number of aliphatic hydroxyl groups excluding tert-OH is 14. The topological polar surface area (TPSA) is 561 Å². The van der Waals surface area contributed by atoms with Gasteiger partial charge in [0.1, 0.15) is 128 Å². The number of amides is 6. The first-order valence-corrected chi connectivity index (χ1v) is 28.5. The van der Waals surface area contributed by atoms with Crippen LogP contribution in [-0.4, -0.2) is 328 Å². The molecule has 0 aliphatic carbocycles. The molecular weight excluding hydrogens is 1170 g/mol. The maximum atomic E-state index is 13.5. The number of urea groups is 1. The third-order valence-corrected chi connectivity index (χ3v) is 17.0. The Morgan fingerprint density at radius 2 is 1.08 bits per heavy atom. The average molecular weight is 1250 g/mol. The second kappa shape index (κ2) is 30.5. The lowest BCUT2D eigenvalue weighted by Gasteiger charge is -2.50. The third-order valence-electron chi connectivity index (χ3n) is 15.5. The molecule has 0 aromatic rings. The zero-order valence-electron chi connectivity index (χ0n) is 45.8. The second-order valence-electron chi connectivity index (χ2n) is 21.6. The van der Waals surface area contributed by atoms with Crippen molar-refractivity contribution in [2.24, 2.45) is 0 Å². The smallest absolute Gasteiger partial charge is 0.326 e. The molecule has 7 rings (SSSR count). The molecule has 0 radical (unpaired) electrons. The minimum absolute atomic E-state index is 0.00921. The van der Waals surface area contributed by atoms with Gasteiger partial charge in [0.25, 0.3) is 0 Å². The van der Waals surface area contributed by atoms with Crippen molar-refractivity contribution in [1.82, 2.24) is 31.9 Å². The van der Waals surface area contributed by atoms with Gasteiger partial charge >= 0.3 is 12.0 Å². The summed E-state index contributed by atoms with van der Waals surface area (Å²) in [7, 11) is 0. The maximum Gasteiger partial charge on any atom is 0.326 e. The van der Waals surface area contributed by atoms with Crippen molar-refractivity contribution in [1.29, 1.82) is 0 Å². The van der Waals surface area contributed by atoms with Gasteiger partial charge in [-0.25, -0.2) is 9.59 Å². The number of nitrogens with one attached hydrogen (secondary N) is 6. The molecule has 85 heavy (non-hydrogen) atoms. The lowest BCUT2D eigenvalue weighted by molar-refractivity contribution is -0.383. The Morgan fingerprint density at radius 1 is 0.565 bits per heavy atom. The number of carbonyl (C=O) groups is 6. The predicted octanol–water partition coefficient (Wildman–Crippen LogP) is -11.8. The van der Waals surface area contributed by atoms with Crippen molar-refractivity contribution in [2.45, 2.75) is 223 Å². The third kappa shape index (κ3) is 16.3. The Morgan fingerprint density at radius 3 is 1.68 bits per heavy atom. The number of thioether (sulfide) groups is 1. The first-order valence-electron chi connectivity index (χ1n) is 27.4. The van der Waals surface area contributed by atoms with Crippen LogP contribution in [0.5, 0.6) is 0 Å². The SMILES string of the molecule is CC(=O)NC1[C@H](O[C@H]2C(CO)O[C@@H](NC(=O)CC(NC(=O)CCCCC3SCC4NC(=O)NC43)C(=O)O)C(NC(C)=O)[C@H]2O)OC(CO)[C@H](O[C@@H]2OC(CO[C@@H]3OC(CO)[C@H](O)C(O)[C@H]3O)[C@H](O)[C@H](O[C@@H]3OC(CO)[C@H](O)C(O)C3O)C2O)[C@@H]1O. The van der Waals surface area contributed by atoms with Gasteiger partial charge in [-0.1, -0.05) is 6.42 Å². The molecule has 21 N–H and O–H groups in total. The summed E-state index contributed by atoms with van der Waals surface area (Å²) in [4.78, 5) is 75.7. The Kier molecular flexibility index (Phi) is 24.6. The highest BCUT2D eigenvalue weighted by atomic mass is 32.2. The molecule has 7 heterocycles. The molecule has 36 nitrogen and oxygen atoms in total. The van der Waals surface area contributed by atoms with Gasteiger partial charge in [-0.3, -0.25) is 19.2 Å². The van der Waals surface area contributed by atoms with Crippen molar-refractivity contribution in [3.63, 3.8) is 0 Å². The lowest BCUT2D eigenvalue weighted by atomic mass is 9.93. The lowest BCUT2D eigenvalue weighted by Crippen LogP contribution is -2.71. The van der Waals surface area contributed by atoms with Crippen LogP contribution in [0.15, 0.2) is 0 Å². The number of carboxylic acids is 1. The number of ether oxygens (including phenoxy) is 9. The summed E-state index contributed by atoms with van der Waals surface area (Å²) in [5.74, 6) is -4.28. The van der Waals surface area contributed by atoms with E-state index in [2.05, 4.69) is 31.9 Å². The number of carbonyl (C=O) groups excluding carboxylic acids is 5. The van der Waals surface area contributed by atoms with Gasteiger partial charge in [-0.05, 0) is 12.8 Å². The summed E-state index contributed by atoms with van der Waals surface area (Å²) < 4.78 is 52.0. The fraction of sp³-hybridized carbons (Fsp3) is 0.875. The van der Waals surface area contributed by atoms with Crippen LogP contribution >= 0.6 is 11.8 Å². The highest BCUT2D eigenvalue weighted by Crippen LogP contribution is 2.36. The number of aliphatic carboxylic acids is 1. The van der Waals surface area contributed by atoms with Gasteiger partial charge in [0.2, 0.25) is 23.6 Å². The molecule has 7 saturated heterocycles. The Labute approximate surface area is 487 Å². The minimum Gasteiger partial charge on any atom is -0.480 e. The molecule has 0 spiro atoms. The highest BCUT2D eigenvalue weighted by molar-refractivity contribution is 8.00. The van der Waals surface area contributed by atoms with Crippen LogP contribution in [0.25, 0.3) is 0 Å². The number of fused-ring (bicyclic) bond motifs is 1. The molecule has 7 aliphatic heterocycles. The first-order chi connectivity index (χ1) is 40.3. The molecule has 7 aliphatic rings. The van der Waals surface area contributed by atoms with E-state index in [9.17, 15) is 105 Å². The van der Waals surface area contributed by atoms with Gasteiger partial charge in [0.05, 0.1) is 51.5 Å². The maximum absolute atomic E-state index is 13.5.